The van der Waals surface area contributed by atoms with E-state index in [0.717, 1.165) is 0 Å². The number of carboxylic acids is 1. The average molecular weight is 499 g/mol. The smallest absolute Gasteiger partial charge is 0.272 e. The maximum absolute atomic E-state index is 12.9. The fourth-order valence-electron chi connectivity index (χ4n) is 2.64. The van der Waals surface area contributed by atoms with Crippen LogP contribution in [0.15, 0.2) is 83.0 Å². The number of aromatic carboxylic acids is 1. The van der Waals surface area contributed by atoms with Crippen molar-refractivity contribution in [3.8, 4) is 0 Å². The van der Waals surface area contributed by atoms with Gasteiger partial charge < -0.3 is 20.5 Å². The number of halogens is 2. The van der Waals surface area contributed by atoms with E-state index in [2.05, 4.69) is 26.6 Å². The van der Waals surface area contributed by atoms with E-state index >= 15 is 0 Å². The van der Waals surface area contributed by atoms with Crippen LogP contribution in [0.5, 0.6) is 0 Å². The summed E-state index contributed by atoms with van der Waals surface area (Å²) < 4.78 is 0.570. The van der Waals surface area contributed by atoms with Crippen molar-refractivity contribution in [2.24, 2.45) is 0 Å². The molecule has 8 heteroatoms. The van der Waals surface area contributed by atoms with E-state index in [4.69, 9.17) is 11.6 Å². The zero-order chi connectivity index (χ0) is 22.4. The number of hydrogen-bond acceptors (Lipinski definition) is 4. The molecule has 0 saturated carbocycles. The highest BCUT2D eigenvalue weighted by atomic mass is 79.9. The summed E-state index contributed by atoms with van der Waals surface area (Å²) in [4.78, 5) is 36.7. The quantitative estimate of drug-likeness (QED) is 0.504. The summed E-state index contributed by atoms with van der Waals surface area (Å²) in [7, 11) is 0. The molecule has 0 aliphatic carbocycles. The van der Waals surface area contributed by atoms with Crippen LogP contribution in [0.25, 0.3) is 6.08 Å². The summed E-state index contributed by atoms with van der Waals surface area (Å²) in [5.41, 5.74) is 1.09. The fourth-order valence-corrected chi connectivity index (χ4v) is 3.23. The molecular formula is C23H15BrClN2O4-. The molecule has 0 unspecified atom stereocenters. The maximum atomic E-state index is 12.9. The van der Waals surface area contributed by atoms with E-state index in [1.165, 1.54) is 30.3 Å². The highest BCUT2D eigenvalue weighted by molar-refractivity contribution is 9.10. The zero-order valence-corrected chi connectivity index (χ0v) is 18.2. The Labute approximate surface area is 191 Å². The Morgan fingerprint density at radius 1 is 0.935 bits per heavy atom. The van der Waals surface area contributed by atoms with Crippen LogP contribution in [0.2, 0.25) is 5.02 Å². The topological polar surface area (TPSA) is 98.3 Å². The molecule has 0 radical (unpaired) electrons. The molecule has 31 heavy (non-hydrogen) atoms. The third-order valence-corrected chi connectivity index (χ3v) is 5.09. The molecular weight excluding hydrogens is 484 g/mol. The van der Waals surface area contributed by atoms with Crippen LogP contribution in [-0.2, 0) is 4.79 Å². The van der Waals surface area contributed by atoms with Crippen LogP contribution in [0.3, 0.4) is 0 Å². The van der Waals surface area contributed by atoms with E-state index in [-0.39, 0.29) is 16.9 Å². The highest BCUT2D eigenvalue weighted by Crippen LogP contribution is 2.18. The molecule has 156 valence electrons. The standard InChI is InChI=1S/C23H16BrClN2O4/c24-19-7-2-1-6-18(19)21(28)27-20(12-14-8-10-16(25)11-9-14)22(29)26-17-5-3-4-15(13-17)23(30)31/h1-13H,(H,26,29)(H,27,28)(H,30,31)/p-1/b20-12+. The number of rotatable bonds is 6. The maximum Gasteiger partial charge on any atom is 0.272 e. The number of anilines is 1. The van der Waals surface area contributed by atoms with Crippen molar-refractivity contribution in [2.45, 2.75) is 0 Å². The molecule has 6 nitrogen and oxygen atoms in total. The van der Waals surface area contributed by atoms with Crippen molar-refractivity contribution in [1.29, 1.82) is 0 Å². The third-order valence-electron chi connectivity index (χ3n) is 4.15. The van der Waals surface area contributed by atoms with Gasteiger partial charge in [0, 0.05) is 15.2 Å². The molecule has 0 heterocycles. The van der Waals surface area contributed by atoms with Crippen LogP contribution < -0.4 is 15.7 Å². The van der Waals surface area contributed by atoms with Gasteiger partial charge in [0.05, 0.1) is 11.5 Å². The molecule has 0 aromatic heterocycles. The number of carbonyl (C=O) groups excluding carboxylic acids is 3. The first-order valence-electron chi connectivity index (χ1n) is 8.99. The van der Waals surface area contributed by atoms with Gasteiger partial charge in [-0.25, -0.2) is 0 Å². The van der Waals surface area contributed by atoms with Gasteiger partial charge in [-0.1, -0.05) is 48.0 Å². The lowest BCUT2D eigenvalue weighted by Crippen LogP contribution is -2.31. The molecule has 3 aromatic rings. The minimum Gasteiger partial charge on any atom is -0.545 e. The van der Waals surface area contributed by atoms with Crippen LogP contribution in [0.4, 0.5) is 5.69 Å². The van der Waals surface area contributed by atoms with Crippen molar-refractivity contribution >= 4 is 57.1 Å². The van der Waals surface area contributed by atoms with Crippen molar-refractivity contribution < 1.29 is 19.5 Å². The van der Waals surface area contributed by atoms with Gasteiger partial charge in [0.15, 0.2) is 0 Å². The Balaban J connectivity index is 1.91. The number of benzene rings is 3. The molecule has 0 aliphatic heterocycles. The summed E-state index contributed by atoms with van der Waals surface area (Å²) >= 11 is 9.23. The number of hydrogen-bond donors (Lipinski definition) is 2. The summed E-state index contributed by atoms with van der Waals surface area (Å²) in [6.07, 6.45) is 1.49. The molecule has 0 bridgehead atoms. The van der Waals surface area contributed by atoms with E-state index in [9.17, 15) is 19.5 Å². The third kappa shape index (κ3) is 6.04. The predicted molar refractivity (Wildman–Crippen MR) is 120 cm³/mol. The average Bonchev–Trinajstić information content (AvgIpc) is 2.75. The number of carboxylic acid groups (broad SMARTS) is 1. The summed E-state index contributed by atoms with van der Waals surface area (Å²) in [6, 6.07) is 19.1. The Morgan fingerprint density at radius 2 is 1.65 bits per heavy atom. The Hall–Kier alpha value is -3.42. The Morgan fingerprint density at radius 3 is 2.32 bits per heavy atom. The van der Waals surface area contributed by atoms with Crippen LogP contribution in [0, 0.1) is 0 Å². The molecule has 0 fully saturated rings. The molecule has 0 saturated heterocycles. The van der Waals surface area contributed by atoms with Crippen LogP contribution >= 0.6 is 27.5 Å². The monoisotopic (exact) mass is 497 g/mol. The molecule has 2 amide bonds. The van der Waals surface area contributed by atoms with Crippen molar-refractivity contribution in [1.82, 2.24) is 5.32 Å². The van der Waals surface area contributed by atoms with Gasteiger partial charge in [-0.2, -0.15) is 0 Å². The normalized spacial score (nSPS) is 11.0. The van der Waals surface area contributed by atoms with Gasteiger partial charge in [0.2, 0.25) is 0 Å². The minimum atomic E-state index is -1.37. The second kappa shape index (κ2) is 10.1. The highest BCUT2D eigenvalue weighted by Gasteiger charge is 2.17. The minimum absolute atomic E-state index is 0.0399. The number of amides is 2. The van der Waals surface area contributed by atoms with Gasteiger partial charge in [-0.3, -0.25) is 9.59 Å². The van der Waals surface area contributed by atoms with Crippen LogP contribution in [-0.4, -0.2) is 17.8 Å². The lowest BCUT2D eigenvalue weighted by atomic mass is 10.1. The summed E-state index contributed by atoms with van der Waals surface area (Å²) in [5, 5.41) is 16.8. The van der Waals surface area contributed by atoms with Gasteiger partial charge >= 0.3 is 0 Å². The first-order valence-corrected chi connectivity index (χ1v) is 10.2. The molecule has 2 N–H and O–H groups in total. The zero-order valence-electron chi connectivity index (χ0n) is 15.9. The van der Waals surface area contributed by atoms with E-state index in [1.807, 2.05) is 0 Å². The molecule has 0 spiro atoms. The van der Waals surface area contributed by atoms with E-state index < -0.39 is 17.8 Å². The van der Waals surface area contributed by atoms with Gasteiger partial charge in [0.1, 0.15) is 5.70 Å². The van der Waals surface area contributed by atoms with E-state index in [1.54, 1.807) is 48.5 Å². The van der Waals surface area contributed by atoms with Gasteiger partial charge in [-0.05, 0) is 69.5 Å². The largest absolute Gasteiger partial charge is 0.545 e. The van der Waals surface area contributed by atoms with Crippen molar-refractivity contribution in [2.75, 3.05) is 5.32 Å². The summed E-state index contributed by atoms with van der Waals surface area (Å²) in [5.74, 6) is -2.49. The second-order valence-electron chi connectivity index (χ2n) is 6.37. The fraction of sp³-hybridized carbons (Fsp3) is 0. The number of carbonyl (C=O) groups is 3. The van der Waals surface area contributed by atoms with Gasteiger partial charge in [-0.15, -0.1) is 0 Å². The van der Waals surface area contributed by atoms with Crippen molar-refractivity contribution in [3.63, 3.8) is 0 Å². The molecule has 0 atom stereocenters. The Bertz CT molecular complexity index is 1180. The predicted octanol–water partition coefficient (Wildman–Crippen LogP) is 3.88. The first kappa shape index (κ1) is 22.3. The lowest BCUT2D eigenvalue weighted by molar-refractivity contribution is -0.255. The first-order chi connectivity index (χ1) is 14.8. The van der Waals surface area contributed by atoms with Crippen LogP contribution in [0.1, 0.15) is 26.3 Å². The Kier molecular flexibility index (Phi) is 7.23. The molecule has 0 aliphatic rings. The molecule has 3 aromatic carbocycles. The lowest BCUT2D eigenvalue weighted by Gasteiger charge is -2.13. The van der Waals surface area contributed by atoms with Gasteiger partial charge in [0.25, 0.3) is 11.8 Å². The molecule has 3 rings (SSSR count). The SMILES string of the molecule is O=C(Nc1cccc(C(=O)[O-])c1)/C(=C\c1ccc(Cl)cc1)NC(=O)c1ccccc1Br. The van der Waals surface area contributed by atoms with Crippen molar-refractivity contribution in [3.05, 3.63) is 105 Å². The number of nitrogens with one attached hydrogen (secondary N) is 2. The van der Waals surface area contributed by atoms with E-state index in [0.29, 0.717) is 20.6 Å². The summed E-state index contributed by atoms with van der Waals surface area (Å²) in [6.45, 7) is 0. The second-order valence-corrected chi connectivity index (χ2v) is 7.66.